The molecule has 128 valence electrons. The summed E-state index contributed by atoms with van der Waals surface area (Å²) in [4.78, 5) is 25.3. The first-order valence-corrected chi connectivity index (χ1v) is 7.80. The summed E-state index contributed by atoms with van der Waals surface area (Å²) in [6.45, 7) is 1.93. The Morgan fingerprint density at radius 2 is 2.04 bits per heavy atom. The Morgan fingerprint density at radius 3 is 2.52 bits per heavy atom. The SMILES string of the molecule is CCCCC(NC(=O)C(c1c(F)cccc1Cl)N(C)C)C(=O)O. The second-order valence-electron chi connectivity index (χ2n) is 5.54. The van der Waals surface area contributed by atoms with E-state index in [2.05, 4.69) is 5.32 Å². The van der Waals surface area contributed by atoms with E-state index in [1.54, 1.807) is 14.1 Å². The highest BCUT2D eigenvalue weighted by Crippen LogP contribution is 2.29. The van der Waals surface area contributed by atoms with Gasteiger partial charge in [0, 0.05) is 10.6 Å². The van der Waals surface area contributed by atoms with E-state index in [0.29, 0.717) is 12.8 Å². The molecule has 0 heterocycles. The van der Waals surface area contributed by atoms with Crippen LogP contribution in [0.5, 0.6) is 0 Å². The number of hydrogen-bond acceptors (Lipinski definition) is 3. The zero-order valence-corrected chi connectivity index (χ0v) is 14.2. The minimum atomic E-state index is -1.11. The maximum Gasteiger partial charge on any atom is 0.326 e. The number of likely N-dealkylation sites (N-methyl/N-ethyl adjacent to an activating group) is 1. The first-order valence-electron chi connectivity index (χ1n) is 7.43. The van der Waals surface area contributed by atoms with Gasteiger partial charge in [-0.2, -0.15) is 0 Å². The Balaban J connectivity index is 3.06. The number of nitrogens with one attached hydrogen (secondary N) is 1. The number of halogens is 2. The average Bonchev–Trinajstić information content (AvgIpc) is 2.46. The van der Waals surface area contributed by atoms with Crippen molar-refractivity contribution in [2.75, 3.05) is 14.1 Å². The van der Waals surface area contributed by atoms with Crippen LogP contribution in [-0.2, 0) is 9.59 Å². The van der Waals surface area contributed by atoms with Crippen molar-refractivity contribution in [2.24, 2.45) is 0 Å². The maximum atomic E-state index is 14.1. The fourth-order valence-corrected chi connectivity index (χ4v) is 2.58. The van der Waals surface area contributed by atoms with Crippen molar-refractivity contribution in [2.45, 2.75) is 38.3 Å². The summed E-state index contributed by atoms with van der Waals surface area (Å²) in [5, 5.41) is 11.8. The Kier molecular flexibility index (Phi) is 7.45. The lowest BCUT2D eigenvalue weighted by molar-refractivity contribution is -0.142. The third-order valence-electron chi connectivity index (χ3n) is 3.50. The summed E-state index contributed by atoms with van der Waals surface area (Å²) < 4.78 is 14.1. The van der Waals surface area contributed by atoms with Crippen LogP contribution in [0.1, 0.15) is 37.8 Å². The predicted octanol–water partition coefficient (Wildman–Crippen LogP) is 2.84. The van der Waals surface area contributed by atoms with Gasteiger partial charge in [-0.15, -0.1) is 0 Å². The van der Waals surface area contributed by atoms with Crippen molar-refractivity contribution in [1.82, 2.24) is 10.2 Å². The standard InChI is InChI=1S/C16H22ClFN2O3/c1-4-5-9-12(16(22)23)19-15(21)14(20(2)3)13-10(17)7-6-8-11(13)18/h6-8,12,14H,4-5,9H2,1-3H3,(H,19,21)(H,22,23). The molecule has 2 unspecified atom stereocenters. The van der Waals surface area contributed by atoms with Crippen LogP contribution in [0.25, 0.3) is 0 Å². The van der Waals surface area contributed by atoms with Crippen molar-refractivity contribution in [3.63, 3.8) is 0 Å². The zero-order chi connectivity index (χ0) is 17.6. The molecule has 2 atom stereocenters. The molecule has 1 rings (SSSR count). The molecule has 0 saturated heterocycles. The highest BCUT2D eigenvalue weighted by Gasteiger charge is 2.31. The van der Waals surface area contributed by atoms with E-state index in [4.69, 9.17) is 11.6 Å². The highest BCUT2D eigenvalue weighted by molar-refractivity contribution is 6.31. The number of carboxylic acid groups (broad SMARTS) is 1. The number of hydrogen-bond donors (Lipinski definition) is 2. The van der Waals surface area contributed by atoms with Gasteiger partial charge in [-0.05, 0) is 32.6 Å². The summed E-state index contributed by atoms with van der Waals surface area (Å²) in [7, 11) is 3.21. The lowest BCUT2D eigenvalue weighted by Crippen LogP contribution is -2.46. The smallest absolute Gasteiger partial charge is 0.326 e. The maximum absolute atomic E-state index is 14.1. The van der Waals surface area contributed by atoms with Gasteiger partial charge in [-0.3, -0.25) is 9.69 Å². The van der Waals surface area contributed by atoms with E-state index in [1.807, 2.05) is 6.92 Å². The third-order valence-corrected chi connectivity index (χ3v) is 3.83. The number of unbranched alkanes of at least 4 members (excludes halogenated alkanes) is 1. The Labute approximate surface area is 140 Å². The lowest BCUT2D eigenvalue weighted by atomic mass is 10.0. The van der Waals surface area contributed by atoms with Gasteiger partial charge in [0.05, 0.1) is 0 Å². The number of amides is 1. The number of aliphatic carboxylic acids is 1. The van der Waals surface area contributed by atoms with Crippen molar-refractivity contribution >= 4 is 23.5 Å². The molecule has 1 amide bonds. The van der Waals surface area contributed by atoms with Crippen LogP contribution >= 0.6 is 11.6 Å². The van der Waals surface area contributed by atoms with E-state index in [0.717, 1.165) is 6.42 Å². The number of nitrogens with zero attached hydrogens (tertiary/aromatic N) is 1. The van der Waals surface area contributed by atoms with E-state index in [1.165, 1.54) is 23.1 Å². The highest BCUT2D eigenvalue weighted by atomic mass is 35.5. The molecule has 0 bridgehead atoms. The Morgan fingerprint density at radius 1 is 1.39 bits per heavy atom. The predicted molar refractivity (Wildman–Crippen MR) is 86.9 cm³/mol. The number of carbonyl (C=O) groups is 2. The zero-order valence-electron chi connectivity index (χ0n) is 13.5. The molecule has 0 saturated carbocycles. The molecule has 0 aliphatic carbocycles. The van der Waals surface area contributed by atoms with Crippen molar-refractivity contribution in [1.29, 1.82) is 0 Å². The fraction of sp³-hybridized carbons (Fsp3) is 0.500. The molecule has 0 radical (unpaired) electrons. The van der Waals surface area contributed by atoms with E-state index in [9.17, 15) is 19.1 Å². The summed E-state index contributed by atoms with van der Waals surface area (Å²) in [5.74, 6) is -2.30. The number of rotatable bonds is 8. The molecule has 7 heteroatoms. The molecule has 2 N–H and O–H groups in total. The molecule has 5 nitrogen and oxygen atoms in total. The molecule has 0 spiro atoms. The first-order chi connectivity index (χ1) is 10.8. The van der Waals surface area contributed by atoms with Gasteiger partial charge in [0.2, 0.25) is 5.91 Å². The van der Waals surface area contributed by atoms with E-state index >= 15 is 0 Å². The van der Waals surface area contributed by atoms with Gasteiger partial charge in [0.25, 0.3) is 0 Å². The summed E-state index contributed by atoms with van der Waals surface area (Å²) in [6, 6.07) is 2.15. The van der Waals surface area contributed by atoms with Crippen molar-refractivity contribution < 1.29 is 19.1 Å². The van der Waals surface area contributed by atoms with Crippen LogP contribution in [-0.4, -0.2) is 42.0 Å². The Bertz CT molecular complexity index is 546. The third kappa shape index (κ3) is 5.18. The monoisotopic (exact) mass is 344 g/mol. The van der Waals surface area contributed by atoms with Crippen molar-refractivity contribution in [3.8, 4) is 0 Å². The molecule has 0 aliphatic heterocycles. The van der Waals surface area contributed by atoms with Gasteiger partial charge >= 0.3 is 5.97 Å². The molecule has 1 aromatic carbocycles. The van der Waals surface area contributed by atoms with Crippen LogP contribution in [0.4, 0.5) is 4.39 Å². The van der Waals surface area contributed by atoms with Crippen molar-refractivity contribution in [3.05, 3.63) is 34.6 Å². The largest absolute Gasteiger partial charge is 0.480 e. The van der Waals surface area contributed by atoms with Crippen LogP contribution in [0, 0.1) is 5.82 Å². The van der Waals surface area contributed by atoms with E-state index in [-0.39, 0.29) is 10.6 Å². The van der Waals surface area contributed by atoms with Gasteiger partial charge in [0.15, 0.2) is 0 Å². The second-order valence-corrected chi connectivity index (χ2v) is 5.95. The minimum Gasteiger partial charge on any atom is -0.480 e. The molecular formula is C16H22ClFN2O3. The van der Waals surface area contributed by atoms with Gasteiger partial charge < -0.3 is 10.4 Å². The topological polar surface area (TPSA) is 69.6 Å². The van der Waals surface area contributed by atoms with Gasteiger partial charge in [-0.25, -0.2) is 9.18 Å². The molecule has 0 aromatic heterocycles. The van der Waals surface area contributed by atoms with Crippen LogP contribution in [0.15, 0.2) is 18.2 Å². The molecular weight excluding hydrogens is 323 g/mol. The minimum absolute atomic E-state index is 0.0382. The van der Waals surface area contributed by atoms with Gasteiger partial charge in [-0.1, -0.05) is 37.4 Å². The quantitative estimate of drug-likeness (QED) is 0.760. The normalized spacial score (nSPS) is 13.7. The van der Waals surface area contributed by atoms with Gasteiger partial charge in [0.1, 0.15) is 17.9 Å². The summed E-state index contributed by atoms with van der Waals surface area (Å²) in [6.07, 6.45) is 1.81. The number of carboxylic acids is 1. The Hall–Kier alpha value is -1.66. The molecule has 1 aromatic rings. The van der Waals surface area contributed by atoms with Crippen LogP contribution in [0.2, 0.25) is 5.02 Å². The molecule has 23 heavy (non-hydrogen) atoms. The van der Waals surface area contributed by atoms with Crippen LogP contribution in [0.3, 0.4) is 0 Å². The molecule has 0 fully saturated rings. The van der Waals surface area contributed by atoms with E-state index < -0.39 is 29.8 Å². The lowest BCUT2D eigenvalue weighted by Gasteiger charge is -2.26. The fourth-order valence-electron chi connectivity index (χ4n) is 2.31. The molecule has 0 aliphatic rings. The average molecular weight is 345 g/mol. The first kappa shape index (κ1) is 19.4. The number of carbonyl (C=O) groups excluding carboxylic acids is 1. The van der Waals surface area contributed by atoms with Crippen LogP contribution < -0.4 is 5.32 Å². The summed E-state index contributed by atoms with van der Waals surface area (Å²) in [5.41, 5.74) is 0.0382. The second kappa shape index (κ2) is 8.84. The summed E-state index contributed by atoms with van der Waals surface area (Å²) >= 11 is 6.03. The number of benzene rings is 1.